The zero-order valence-corrected chi connectivity index (χ0v) is 19.5. The van der Waals surface area contributed by atoms with Crippen molar-refractivity contribution >= 4 is 35.6 Å². The van der Waals surface area contributed by atoms with Gasteiger partial charge in [0.25, 0.3) is 0 Å². The Kier molecular flexibility index (Phi) is 10.9. The Labute approximate surface area is 188 Å². The Morgan fingerprint density at radius 2 is 1.93 bits per heavy atom. The van der Waals surface area contributed by atoms with Gasteiger partial charge in [0, 0.05) is 51.0 Å². The number of methoxy groups -OCH3 is 1. The summed E-state index contributed by atoms with van der Waals surface area (Å²) >= 11 is 0. The molecule has 1 fully saturated rings. The van der Waals surface area contributed by atoms with Crippen LogP contribution in [0.25, 0.3) is 0 Å². The minimum Gasteiger partial charge on any atom is -0.497 e. The molecule has 0 aromatic heterocycles. The van der Waals surface area contributed by atoms with Gasteiger partial charge < -0.3 is 19.9 Å². The Morgan fingerprint density at radius 3 is 2.52 bits per heavy atom. The molecule has 6 nitrogen and oxygen atoms in total. The van der Waals surface area contributed by atoms with E-state index in [4.69, 9.17) is 4.74 Å². The lowest BCUT2D eigenvalue weighted by molar-refractivity contribution is -0.142. The summed E-state index contributed by atoms with van der Waals surface area (Å²) in [5.41, 5.74) is 1.12. The SMILES string of the molecule is CCNC(=NCCN(C)CC(F)(F)F)N1CCN(c2cccc(OC)c2)CC1.I. The number of anilines is 1. The normalized spacial score (nSPS) is 15.3. The lowest BCUT2D eigenvalue weighted by Gasteiger charge is -2.37. The molecule has 1 aliphatic rings. The Hall–Kier alpha value is -1.43. The highest BCUT2D eigenvalue weighted by Crippen LogP contribution is 2.22. The maximum absolute atomic E-state index is 12.4. The number of guanidine groups is 1. The zero-order valence-electron chi connectivity index (χ0n) is 17.2. The topological polar surface area (TPSA) is 43.3 Å². The molecule has 0 unspecified atom stereocenters. The van der Waals surface area contributed by atoms with E-state index in [1.165, 1.54) is 11.9 Å². The number of nitrogens with one attached hydrogen (secondary N) is 1. The first-order valence-electron chi connectivity index (χ1n) is 9.50. The number of hydrogen-bond acceptors (Lipinski definition) is 4. The van der Waals surface area contributed by atoms with Crippen molar-refractivity contribution in [1.82, 2.24) is 15.1 Å². The third-order valence-corrected chi connectivity index (χ3v) is 4.53. The van der Waals surface area contributed by atoms with Crippen LogP contribution < -0.4 is 15.0 Å². The molecule has 1 saturated heterocycles. The van der Waals surface area contributed by atoms with Gasteiger partial charge in [-0.05, 0) is 26.1 Å². The molecular weight excluding hydrogens is 498 g/mol. The maximum atomic E-state index is 12.4. The monoisotopic (exact) mass is 529 g/mol. The first-order chi connectivity index (χ1) is 13.3. The second kappa shape index (κ2) is 12.3. The van der Waals surface area contributed by atoms with Crippen molar-refractivity contribution < 1.29 is 17.9 Å². The largest absolute Gasteiger partial charge is 0.497 e. The quantitative estimate of drug-likeness (QED) is 0.335. The highest BCUT2D eigenvalue weighted by atomic mass is 127. The van der Waals surface area contributed by atoms with Crippen molar-refractivity contribution in [2.24, 2.45) is 4.99 Å². The van der Waals surface area contributed by atoms with E-state index in [2.05, 4.69) is 26.2 Å². The highest BCUT2D eigenvalue weighted by Gasteiger charge is 2.28. The molecular formula is C19H31F3IN5O. The van der Waals surface area contributed by atoms with Gasteiger partial charge in [-0.2, -0.15) is 13.2 Å². The van der Waals surface area contributed by atoms with Gasteiger partial charge in [0.1, 0.15) is 5.75 Å². The fraction of sp³-hybridized carbons (Fsp3) is 0.632. The molecule has 2 rings (SSSR count). The Bertz CT molecular complexity index is 637. The van der Waals surface area contributed by atoms with Crippen molar-refractivity contribution in [3.63, 3.8) is 0 Å². The number of rotatable bonds is 7. The summed E-state index contributed by atoms with van der Waals surface area (Å²) in [7, 11) is 3.12. The third-order valence-electron chi connectivity index (χ3n) is 4.53. The summed E-state index contributed by atoms with van der Waals surface area (Å²) in [4.78, 5) is 10.2. The minimum atomic E-state index is -4.18. The van der Waals surface area contributed by atoms with Gasteiger partial charge in [-0.15, -0.1) is 24.0 Å². The number of ether oxygens (including phenoxy) is 1. The summed E-state index contributed by atoms with van der Waals surface area (Å²) in [6, 6.07) is 7.98. The molecule has 0 bridgehead atoms. The van der Waals surface area contributed by atoms with Crippen LogP contribution in [0.15, 0.2) is 29.3 Å². The number of piperazine rings is 1. The van der Waals surface area contributed by atoms with Crippen molar-refractivity contribution in [3.8, 4) is 5.75 Å². The molecule has 166 valence electrons. The molecule has 10 heteroatoms. The van der Waals surface area contributed by atoms with Crippen molar-refractivity contribution in [3.05, 3.63) is 24.3 Å². The number of nitrogens with zero attached hydrogens (tertiary/aromatic N) is 4. The summed E-state index contributed by atoms with van der Waals surface area (Å²) in [6.07, 6.45) is -4.18. The van der Waals surface area contributed by atoms with Gasteiger partial charge in [-0.1, -0.05) is 6.07 Å². The van der Waals surface area contributed by atoms with E-state index in [9.17, 15) is 13.2 Å². The van der Waals surface area contributed by atoms with E-state index in [1.54, 1.807) is 7.11 Å². The van der Waals surface area contributed by atoms with Crippen molar-refractivity contribution in [1.29, 1.82) is 0 Å². The molecule has 29 heavy (non-hydrogen) atoms. The molecule has 1 aromatic carbocycles. The fourth-order valence-corrected chi connectivity index (χ4v) is 3.12. The maximum Gasteiger partial charge on any atom is 0.401 e. The van der Waals surface area contributed by atoms with Gasteiger partial charge in [0.15, 0.2) is 5.96 Å². The Morgan fingerprint density at radius 1 is 1.24 bits per heavy atom. The van der Waals surface area contributed by atoms with Gasteiger partial charge in [-0.3, -0.25) is 9.89 Å². The number of aliphatic imine (C=N–C) groups is 1. The first-order valence-corrected chi connectivity index (χ1v) is 9.50. The zero-order chi connectivity index (χ0) is 20.6. The van der Waals surface area contributed by atoms with Crippen molar-refractivity contribution in [2.45, 2.75) is 13.1 Å². The number of likely N-dealkylation sites (N-methyl/N-ethyl adjacent to an activating group) is 1. The van der Waals surface area contributed by atoms with Crippen LogP contribution in [0.3, 0.4) is 0 Å². The molecule has 1 aromatic rings. The molecule has 1 aliphatic heterocycles. The van der Waals surface area contributed by atoms with Crippen LogP contribution >= 0.6 is 24.0 Å². The second-order valence-corrected chi connectivity index (χ2v) is 6.76. The van der Waals surface area contributed by atoms with E-state index in [-0.39, 0.29) is 30.5 Å². The van der Waals surface area contributed by atoms with E-state index in [1.807, 2.05) is 25.1 Å². The average Bonchev–Trinajstić information content (AvgIpc) is 2.66. The van der Waals surface area contributed by atoms with Gasteiger partial charge in [-0.25, -0.2) is 0 Å². The average molecular weight is 529 g/mol. The molecule has 0 saturated carbocycles. The molecule has 0 atom stereocenters. The molecule has 0 radical (unpaired) electrons. The first kappa shape index (κ1) is 25.6. The molecule has 0 spiro atoms. The predicted octanol–water partition coefficient (Wildman–Crippen LogP) is 2.89. The number of hydrogen-bond donors (Lipinski definition) is 1. The van der Waals surface area contributed by atoms with Gasteiger partial charge in [0.2, 0.25) is 0 Å². The lowest BCUT2D eigenvalue weighted by Crippen LogP contribution is -2.52. The molecule has 1 heterocycles. The molecule has 1 N–H and O–H groups in total. The molecule has 0 amide bonds. The predicted molar refractivity (Wildman–Crippen MR) is 122 cm³/mol. The van der Waals surface area contributed by atoms with Crippen LogP contribution in [0.4, 0.5) is 18.9 Å². The smallest absolute Gasteiger partial charge is 0.401 e. The van der Waals surface area contributed by atoms with Crippen LogP contribution in [-0.4, -0.2) is 88.5 Å². The van der Waals surface area contributed by atoms with E-state index in [0.717, 1.165) is 43.6 Å². The second-order valence-electron chi connectivity index (χ2n) is 6.76. The summed E-state index contributed by atoms with van der Waals surface area (Å²) in [5.74, 6) is 1.59. The van der Waals surface area contributed by atoms with Crippen LogP contribution in [0.1, 0.15) is 6.92 Å². The highest BCUT2D eigenvalue weighted by molar-refractivity contribution is 14.0. The third kappa shape index (κ3) is 8.85. The van der Waals surface area contributed by atoms with Crippen LogP contribution in [0.5, 0.6) is 5.75 Å². The van der Waals surface area contributed by atoms with E-state index >= 15 is 0 Å². The van der Waals surface area contributed by atoms with Gasteiger partial charge in [0.05, 0.1) is 20.2 Å². The standard InChI is InChI=1S/C19H30F3N5O.HI/c1-4-23-18(24-8-9-25(2)15-19(20,21)22)27-12-10-26(11-13-27)16-6-5-7-17(14-16)28-3;/h5-7,14H,4,8-13,15H2,1-3H3,(H,23,24);1H. The lowest BCUT2D eigenvalue weighted by atomic mass is 10.2. The summed E-state index contributed by atoms with van der Waals surface area (Å²) in [5, 5.41) is 3.24. The van der Waals surface area contributed by atoms with Gasteiger partial charge >= 0.3 is 6.18 Å². The molecule has 0 aliphatic carbocycles. The van der Waals surface area contributed by atoms with Crippen LogP contribution in [0, 0.1) is 0 Å². The summed E-state index contributed by atoms with van der Waals surface area (Å²) < 4.78 is 42.5. The van der Waals surface area contributed by atoms with E-state index < -0.39 is 12.7 Å². The minimum absolute atomic E-state index is 0. The van der Waals surface area contributed by atoms with E-state index in [0.29, 0.717) is 13.1 Å². The van der Waals surface area contributed by atoms with Crippen LogP contribution in [0.2, 0.25) is 0 Å². The number of benzene rings is 1. The number of halogens is 4. The fourth-order valence-electron chi connectivity index (χ4n) is 3.12. The van der Waals surface area contributed by atoms with Crippen molar-refractivity contribution in [2.75, 3.05) is 71.4 Å². The Balaban J connectivity index is 0.00000420. The van der Waals surface area contributed by atoms with Crippen LogP contribution in [-0.2, 0) is 0 Å². The number of alkyl halides is 3. The summed E-state index contributed by atoms with van der Waals surface area (Å²) in [6.45, 7) is 5.63.